The molecule has 1 aromatic carbocycles. The molecular weight excluding hydrogens is 344 g/mol. The quantitative estimate of drug-likeness (QED) is 0.748. The standard InChI is InChI=1S/C19H25F2NO4/c1-12-5-3-4-6-16(12)22-18(24)13(2)25-17(23)11-14-7-9-15(10-8-14)26-19(20)21/h7-10,12-13,16,19H,3-6,11H2,1-2H3,(H,22,24). The van der Waals surface area contributed by atoms with E-state index in [1.807, 2.05) is 0 Å². The van der Waals surface area contributed by atoms with E-state index >= 15 is 0 Å². The van der Waals surface area contributed by atoms with Gasteiger partial charge < -0.3 is 14.8 Å². The van der Waals surface area contributed by atoms with E-state index in [2.05, 4.69) is 17.0 Å². The molecule has 1 fully saturated rings. The molecule has 26 heavy (non-hydrogen) atoms. The lowest BCUT2D eigenvalue weighted by Gasteiger charge is -2.30. The van der Waals surface area contributed by atoms with Crippen LogP contribution < -0.4 is 10.1 Å². The van der Waals surface area contributed by atoms with Gasteiger partial charge in [-0.1, -0.05) is 31.9 Å². The number of carbonyl (C=O) groups is 2. The van der Waals surface area contributed by atoms with E-state index in [1.165, 1.54) is 30.7 Å². The van der Waals surface area contributed by atoms with Crippen molar-refractivity contribution in [1.82, 2.24) is 5.32 Å². The Morgan fingerprint density at radius 2 is 1.85 bits per heavy atom. The third-order valence-corrected chi connectivity index (χ3v) is 4.61. The molecule has 0 saturated heterocycles. The van der Waals surface area contributed by atoms with Crippen LogP contribution in [0.2, 0.25) is 0 Å². The number of esters is 1. The highest BCUT2D eigenvalue weighted by molar-refractivity contribution is 5.84. The number of halogens is 2. The van der Waals surface area contributed by atoms with Crippen LogP contribution in [-0.2, 0) is 20.7 Å². The minimum absolute atomic E-state index is 0.0199. The van der Waals surface area contributed by atoms with Crippen molar-refractivity contribution in [2.24, 2.45) is 5.92 Å². The van der Waals surface area contributed by atoms with E-state index in [9.17, 15) is 18.4 Å². The van der Waals surface area contributed by atoms with Crippen LogP contribution in [0.5, 0.6) is 5.75 Å². The Morgan fingerprint density at radius 1 is 1.19 bits per heavy atom. The fraction of sp³-hybridized carbons (Fsp3) is 0.579. The molecule has 0 bridgehead atoms. The summed E-state index contributed by atoms with van der Waals surface area (Å²) in [5.74, 6) is -0.402. The molecule has 144 valence electrons. The second-order valence-corrected chi connectivity index (χ2v) is 6.71. The van der Waals surface area contributed by atoms with Gasteiger partial charge in [0.25, 0.3) is 5.91 Å². The topological polar surface area (TPSA) is 64.6 Å². The van der Waals surface area contributed by atoms with Crippen LogP contribution in [0.3, 0.4) is 0 Å². The van der Waals surface area contributed by atoms with E-state index < -0.39 is 18.7 Å². The largest absolute Gasteiger partial charge is 0.452 e. The van der Waals surface area contributed by atoms with Gasteiger partial charge in [-0.05, 0) is 43.4 Å². The van der Waals surface area contributed by atoms with Crippen LogP contribution in [0.15, 0.2) is 24.3 Å². The second-order valence-electron chi connectivity index (χ2n) is 6.71. The summed E-state index contributed by atoms with van der Waals surface area (Å²) in [6.45, 7) is 0.764. The van der Waals surface area contributed by atoms with E-state index in [1.54, 1.807) is 6.92 Å². The summed E-state index contributed by atoms with van der Waals surface area (Å²) >= 11 is 0. The van der Waals surface area contributed by atoms with Gasteiger partial charge in [0.2, 0.25) is 0 Å². The van der Waals surface area contributed by atoms with Gasteiger partial charge >= 0.3 is 12.6 Å². The first-order valence-corrected chi connectivity index (χ1v) is 8.88. The lowest BCUT2D eigenvalue weighted by molar-refractivity contribution is -0.154. The molecule has 1 saturated carbocycles. The fourth-order valence-electron chi connectivity index (χ4n) is 3.08. The fourth-order valence-corrected chi connectivity index (χ4v) is 3.08. The van der Waals surface area contributed by atoms with Crippen molar-refractivity contribution < 1.29 is 27.8 Å². The molecule has 2 rings (SSSR count). The third kappa shape index (κ3) is 6.28. The summed E-state index contributed by atoms with van der Waals surface area (Å²) in [4.78, 5) is 24.2. The van der Waals surface area contributed by atoms with Crippen molar-refractivity contribution in [3.63, 3.8) is 0 Å². The maximum atomic E-state index is 12.2. The van der Waals surface area contributed by atoms with Crippen molar-refractivity contribution in [1.29, 1.82) is 0 Å². The molecule has 7 heteroatoms. The van der Waals surface area contributed by atoms with Gasteiger partial charge in [0.15, 0.2) is 6.10 Å². The molecule has 5 nitrogen and oxygen atoms in total. The van der Waals surface area contributed by atoms with Gasteiger partial charge in [-0.2, -0.15) is 8.78 Å². The van der Waals surface area contributed by atoms with Gasteiger partial charge in [-0.25, -0.2) is 0 Å². The number of benzene rings is 1. The van der Waals surface area contributed by atoms with Crippen molar-refractivity contribution in [3.8, 4) is 5.75 Å². The zero-order valence-corrected chi connectivity index (χ0v) is 15.0. The van der Waals surface area contributed by atoms with Crippen molar-refractivity contribution >= 4 is 11.9 Å². The molecule has 0 aromatic heterocycles. The molecule has 1 aliphatic carbocycles. The lowest BCUT2D eigenvalue weighted by atomic mass is 9.86. The molecule has 0 heterocycles. The summed E-state index contributed by atoms with van der Waals surface area (Å²) < 4.78 is 33.7. The zero-order valence-electron chi connectivity index (χ0n) is 15.0. The monoisotopic (exact) mass is 369 g/mol. The Kier molecular flexibility index (Phi) is 7.36. The first-order valence-electron chi connectivity index (χ1n) is 8.88. The number of ether oxygens (including phenoxy) is 2. The van der Waals surface area contributed by atoms with Crippen LogP contribution in [0.4, 0.5) is 8.78 Å². The first-order chi connectivity index (χ1) is 12.3. The maximum Gasteiger partial charge on any atom is 0.387 e. The van der Waals surface area contributed by atoms with Gasteiger partial charge in [0.05, 0.1) is 6.42 Å². The molecule has 1 aromatic rings. The van der Waals surface area contributed by atoms with Crippen molar-refractivity contribution in [2.45, 2.75) is 64.7 Å². The Hall–Kier alpha value is -2.18. The molecule has 1 aliphatic rings. The van der Waals surface area contributed by atoms with Gasteiger partial charge in [-0.3, -0.25) is 9.59 Å². The number of hydrogen-bond acceptors (Lipinski definition) is 4. The molecule has 0 radical (unpaired) electrons. The molecule has 1 N–H and O–H groups in total. The van der Waals surface area contributed by atoms with Gasteiger partial charge in [0, 0.05) is 6.04 Å². The number of amides is 1. The van der Waals surface area contributed by atoms with Crippen LogP contribution in [-0.4, -0.2) is 30.6 Å². The number of nitrogens with one attached hydrogen (secondary N) is 1. The maximum absolute atomic E-state index is 12.2. The number of carbonyl (C=O) groups excluding carboxylic acids is 2. The van der Waals surface area contributed by atoms with Crippen LogP contribution >= 0.6 is 0 Å². The number of hydrogen-bond donors (Lipinski definition) is 1. The number of rotatable bonds is 7. The summed E-state index contributed by atoms with van der Waals surface area (Å²) in [6.07, 6.45) is 3.38. The first kappa shape index (κ1) is 20.1. The predicted octanol–water partition coefficient (Wildman–Crippen LogP) is 3.46. The molecule has 0 spiro atoms. The Labute approximate surface area is 152 Å². The predicted molar refractivity (Wildman–Crippen MR) is 91.9 cm³/mol. The van der Waals surface area contributed by atoms with E-state index in [4.69, 9.17) is 4.74 Å². The normalized spacial score (nSPS) is 21.1. The third-order valence-electron chi connectivity index (χ3n) is 4.61. The summed E-state index contributed by atoms with van der Waals surface area (Å²) in [6, 6.07) is 5.85. The SMILES string of the molecule is CC(OC(=O)Cc1ccc(OC(F)F)cc1)C(=O)NC1CCCCC1C. The highest BCUT2D eigenvalue weighted by Crippen LogP contribution is 2.23. The average Bonchev–Trinajstić information content (AvgIpc) is 2.58. The summed E-state index contributed by atoms with van der Waals surface area (Å²) in [7, 11) is 0. The molecule has 1 amide bonds. The molecular formula is C19H25F2NO4. The molecule has 3 atom stereocenters. The second kappa shape index (κ2) is 9.50. The zero-order chi connectivity index (χ0) is 19.1. The minimum atomic E-state index is -2.89. The highest BCUT2D eigenvalue weighted by Gasteiger charge is 2.26. The molecule has 0 aliphatic heterocycles. The van der Waals surface area contributed by atoms with Crippen LogP contribution in [0.1, 0.15) is 45.1 Å². The lowest BCUT2D eigenvalue weighted by Crippen LogP contribution is -2.46. The van der Waals surface area contributed by atoms with E-state index in [-0.39, 0.29) is 24.1 Å². The van der Waals surface area contributed by atoms with E-state index in [0.29, 0.717) is 11.5 Å². The smallest absolute Gasteiger partial charge is 0.387 e. The van der Waals surface area contributed by atoms with Crippen LogP contribution in [0, 0.1) is 5.92 Å². The van der Waals surface area contributed by atoms with Gasteiger partial charge in [-0.15, -0.1) is 0 Å². The summed E-state index contributed by atoms with van der Waals surface area (Å²) in [5, 5.41) is 2.96. The Balaban J connectivity index is 1.79. The van der Waals surface area contributed by atoms with Crippen LogP contribution in [0.25, 0.3) is 0 Å². The average molecular weight is 369 g/mol. The Morgan fingerprint density at radius 3 is 2.46 bits per heavy atom. The highest BCUT2D eigenvalue weighted by atomic mass is 19.3. The minimum Gasteiger partial charge on any atom is -0.452 e. The van der Waals surface area contributed by atoms with E-state index in [0.717, 1.165) is 19.3 Å². The Bertz CT molecular complexity index is 606. The number of alkyl halides is 2. The summed E-state index contributed by atoms with van der Waals surface area (Å²) in [5.41, 5.74) is 0.588. The van der Waals surface area contributed by atoms with Crippen molar-refractivity contribution in [2.75, 3.05) is 0 Å². The van der Waals surface area contributed by atoms with Crippen molar-refractivity contribution in [3.05, 3.63) is 29.8 Å². The van der Waals surface area contributed by atoms with Gasteiger partial charge in [0.1, 0.15) is 5.75 Å². The molecule has 3 unspecified atom stereocenters.